The molecule has 2 atom stereocenters. The van der Waals surface area contributed by atoms with Gasteiger partial charge in [0.15, 0.2) is 12.1 Å². The van der Waals surface area contributed by atoms with Gasteiger partial charge in [-0.2, -0.15) is 40.7 Å². The van der Waals surface area contributed by atoms with Crippen molar-refractivity contribution in [1.29, 1.82) is 0 Å². The summed E-state index contributed by atoms with van der Waals surface area (Å²) in [5.41, 5.74) is 0.507. The third-order valence-corrected chi connectivity index (χ3v) is 9.28. The maximum Gasteiger partial charge on any atom is 0.280 e. The van der Waals surface area contributed by atoms with Crippen LogP contribution in [0.25, 0.3) is 11.1 Å². The predicted molar refractivity (Wildman–Crippen MR) is 178 cm³/mol. The van der Waals surface area contributed by atoms with E-state index in [0.717, 1.165) is 34.3 Å². The van der Waals surface area contributed by atoms with E-state index in [-0.39, 0.29) is 11.4 Å². The zero-order chi connectivity index (χ0) is 35.8. The van der Waals surface area contributed by atoms with E-state index in [4.69, 9.17) is 0 Å². The molecule has 4 aromatic carbocycles. The third kappa shape index (κ3) is 6.85. The second kappa shape index (κ2) is 13.2. The number of benzene rings is 4. The Bertz CT molecular complexity index is 2200. The number of hydrazone groups is 2. The van der Waals surface area contributed by atoms with Gasteiger partial charge in [0.1, 0.15) is 20.2 Å². The molecule has 2 aliphatic heterocycles. The van der Waals surface area contributed by atoms with Gasteiger partial charge in [0.2, 0.25) is 0 Å². The average molecular weight is 713 g/mol. The lowest BCUT2D eigenvalue weighted by atomic mass is 10.0. The molecule has 16 nitrogen and oxygen atoms in total. The van der Waals surface area contributed by atoms with E-state index in [0.29, 0.717) is 22.8 Å². The zero-order valence-electron chi connectivity index (χ0n) is 26.1. The monoisotopic (exact) mass is 712 g/mol. The van der Waals surface area contributed by atoms with Gasteiger partial charge in [-0.3, -0.25) is 9.59 Å². The molecule has 0 saturated heterocycles. The lowest BCUT2D eigenvalue weighted by Crippen LogP contribution is -2.29. The molecule has 4 aromatic rings. The largest absolute Gasteiger partial charge is 0.744 e. The van der Waals surface area contributed by atoms with Crippen LogP contribution in [0.2, 0.25) is 0 Å². The molecule has 254 valence electrons. The highest BCUT2D eigenvalue weighted by atomic mass is 32.2. The molecule has 0 bridgehead atoms. The van der Waals surface area contributed by atoms with Gasteiger partial charge in [-0.15, -0.1) is 0 Å². The Labute approximate surface area is 285 Å². The minimum Gasteiger partial charge on any atom is -0.744 e. The van der Waals surface area contributed by atoms with Crippen molar-refractivity contribution in [1.82, 2.24) is 0 Å². The lowest BCUT2D eigenvalue weighted by molar-refractivity contribution is -0.118. The van der Waals surface area contributed by atoms with Crippen molar-refractivity contribution in [2.75, 3.05) is 10.0 Å². The number of azo groups is 2. The molecule has 2 amide bonds. The van der Waals surface area contributed by atoms with E-state index in [1.807, 2.05) is 0 Å². The number of hydrogen-bond acceptors (Lipinski definition) is 14. The number of rotatable bonds is 9. The van der Waals surface area contributed by atoms with Crippen LogP contribution in [-0.4, -0.2) is 61.3 Å². The highest BCUT2D eigenvalue weighted by Gasteiger charge is 2.36. The Kier molecular flexibility index (Phi) is 9.02. The highest BCUT2D eigenvalue weighted by Crippen LogP contribution is 2.37. The number of amides is 2. The molecule has 0 N–H and O–H groups in total. The molecule has 6 rings (SSSR count). The summed E-state index contributed by atoms with van der Waals surface area (Å²) in [4.78, 5) is 24.2. The SMILES string of the molecule is CC1=NN(c2ccccc2)C(=O)C1N=Nc1ccc(-c2ccc(N=NC3C(=O)N(c4ccccc4)N=C3C)cc2S(=O)(=O)[O-])c(S(=O)(=O)[O-])c1. The summed E-state index contributed by atoms with van der Waals surface area (Å²) < 4.78 is 74.4. The number of anilines is 2. The van der Waals surface area contributed by atoms with E-state index in [1.54, 1.807) is 74.5 Å². The average Bonchev–Trinajstić information content (AvgIpc) is 3.54. The first-order chi connectivity index (χ1) is 23.7. The van der Waals surface area contributed by atoms with Crippen molar-refractivity contribution in [2.45, 2.75) is 35.7 Å². The molecule has 2 unspecified atom stereocenters. The van der Waals surface area contributed by atoms with Crippen LogP contribution in [0.15, 0.2) is 138 Å². The fraction of sp³-hybridized carbons (Fsp3) is 0.125. The van der Waals surface area contributed by atoms with E-state index >= 15 is 0 Å². The standard InChI is InChI=1S/C32H26N8O8S2/c1-19-29(31(41)39(37-19)23-9-5-3-6-10-23)35-33-21-13-15-25(27(17-21)49(43,44)45)26-16-14-22(18-28(26)50(46,47)48)34-36-30-20(2)38-40(32(30)42)24-11-7-4-8-12-24/h3-18,29-30H,1-2H3,(H,43,44,45)(H,46,47,48)/p-2. The van der Waals surface area contributed by atoms with Crippen molar-refractivity contribution in [3.8, 4) is 11.1 Å². The molecule has 0 radical (unpaired) electrons. The second-order valence-electron chi connectivity index (χ2n) is 11.0. The molecule has 0 aromatic heterocycles. The first-order valence-corrected chi connectivity index (χ1v) is 17.4. The van der Waals surface area contributed by atoms with Crippen LogP contribution in [0, 0.1) is 0 Å². The lowest BCUT2D eigenvalue weighted by Gasteiger charge is -2.18. The molecule has 0 spiro atoms. The van der Waals surface area contributed by atoms with Crippen molar-refractivity contribution < 1.29 is 35.5 Å². The topological polar surface area (TPSA) is 229 Å². The molecular weight excluding hydrogens is 689 g/mol. The summed E-state index contributed by atoms with van der Waals surface area (Å²) in [5, 5.41) is 26.7. The van der Waals surface area contributed by atoms with Crippen LogP contribution in [0.1, 0.15) is 13.8 Å². The normalized spacial score (nSPS) is 18.4. The quantitative estimate of drug-likeness (QED) is 0.170. The molecule has 2 heterocycles. The fourth-order valence-corrected chi connectivity index (χ4v) is 6.57. The molecule has 50 heavy (non-hydrogen) atoms. The Balaban J connectivity index is 1.30. The summed E-state index contributed by atoms with van der Waals surface area (Å²) in [7, 11) is -10.6. The smallest absolute Gasteiger partial charge is 0.280 e. The third-order valence-electron chi connectivity index (χ3n) is 7.53. The summed E-state index contributed by atoms with van der Waals surface area (Å²) in [6.07, 6.45) is 0. The molecule has 0 aliphatic carbocycles. The van der Waals surface area contributed by atoms with Crippen molar-refractivity contribution >= 4 is 66.2 Å². The maximum atomic E-state index is 13.0. The van der Waals surface area contributed by atoms with Crippen LogP contribution >= 0.6 is 0 Å². The molecule has 0 fully saturated rings. The van der Waals surface area contributed by atoms with Gasteiger partial charge in [0, 0.05) is 11.1 Å². The van der Waals surface area contributed by atoms with E-state index in [9.17, 15) is 35.5 Å². The van der Waals surface area contributed by atoms with Crippen LogP contribution in [0.5, 0.6) is 0 Å². The van der Waals surface area contributed by atoms with Crippen LogP contribution in [0.3, 0.4) is 0 Å². The van der Waals surface area contributed by atoms with Gasteiger partial charge >= 0.3 is 0 Å². The highest BCUT2D eigenvalue weighted by molar-refractivity contribution is 7.86. The number of para-hydroxylation sites is 2. The number of nitrogens with zero attached hydrogens (tertiary/aromatic N) is 8. The summed E-state index contributed by atoms with van der Waals surface area (Å²) >= 11 is 0. The van der Waals surface area contributed by atoms with Crippen LogP contribution in [0.4, 0.5) is 22.7 Å². The van der Waals surface area contributed by atoms with E-state index in [2.05, 4.69) is 30.7 Å². The second-order valence-corrected chi connectivity index (χ2v) is 13.7. The van der Waals surface area contributed by atoms with Gasteiger partial charge in [-0.05, 0) is 62.4 Å². The molecular formula is C32H24N8O8S2-2. The Morgan fingerprint density at radius 2 is 0.940 bits per heavy atom. The van der Waals surface area contributed by atoms with Gasteiger partial charge in [0.05, 0.1) is 44.0 Å². The molecule has 18 heteroatoms. The first-order valence-electron chi connectivity index (χ1n) is 14.6. The summed E-state index contributed by atoms with van der Waals surface area (Å²) in [6.45, 7) is 3.13. The minimum absolute atomic E-state index is 0.151. The zero-order valence-corrected chi connectivity index (χ0v) is 27.7. The number of hydrogen-bond donors (Lipinski definition) is 0. The van der Waals surface area contributed by atoms with Crippen LogP contribution < -0.4 is 10.0 Å². The first kappa shape index (κ1) is 34.1. The van der Waals surface area contributed by atoms with Crippen molar-refractivity contribution in [2.24, 2.45) is 30.7 Å². The van der Waals surface area contributed by atoms with Gasteiger partial charge in [-0.1, -0.05) is 48.5 Å². The van der Waals surface area contributed by atoms with E-state index in [1.165, 1.54) is 12.1 Å². The van der Waals surface area contributed by atoms with E-state index < -0.39 is 65.1 Å². The summed E-state index contributed by atoms with van der Waals surface area (Å²) in [6, 6.07) is 21.2. The van der Waals surface area contributed by atoms with Gasteiger partial charge in [-0.25, -0.2) is 16.8 Å². The molecule has 0 saturated carbocycles. The fourth-order valence-electron chi connectivity index (χ4n) is 5.14. The summed E-state index contributed by atoms with van der Waals surface area (Å²) in [5.74, 6) is -1.02. The number of carbonyl (C=O) groups is 2. The number of carbonyl (C=O) groups excluding carboxylic acids is 2. The minimum atomic E-state index is -5.29. The van der Waals surface area contributed by atoms with Gasteiger partial charge in [0.25, 0.3) is 11.8 Å². The predicted octanol–water partition coefficient (Wildman–Crippen LogP) is 4.91. The van der Waals surface area contributed by atoms with Crippen molar-refractivity contribution in [3.05, 3.63) is 97.1 Å². The van der Waals surface area contributed by atoms with Crippen molar-refractivity contribution in [3.63, 3.8) is 0 Å². The Morgan fingerprint density at radius 1 is 0.580 bits per heavy atom. The van der Waals surface area contributed by atoms with Gasteiger partial charge < -0.3 is 9.11 Å². The van der Waals surface area contributed by atoms with Crippen LogP contribution in [-0.2, 0) is 29.8 Å². The maximum absolute atomic E-state index is 13.0. The molecule has 2 aliphatic rings. The Morgan fingerprint density at radius 3 is 1.28 bits per heavy atom. The Hall–Kier alpha value is -5.82.